The summed E-state index contributed by atoms with van der Waals surface area (Å²) in [4.78, 5) is 0. The van der Waals surface area contributed by atoms with Gasteiger partial charge in [0.2, 0.25) is 0 Å². The number of aromatic nitrogens is 2. The number of hydrogen-bond donors (Lipinski definition) is 1. The van der Waals surface area contributed by atoms with Crippen LogP contribution >= 0.6 is 0 Å². The fourth-order valence-electron chi connectivity index (χ4n) is 5.93. The molecule has 1 saturated carbocycles. The van der Waals surface area contributed by atoms with Crippen molar-refractivity contribution in [2.45, 2.75) is 32.3 Å². The van der Waals surface area contributed by atoms with Gasteiger partial charge >= 0.3 is 0 Å². The molecule has 3 aromatic carbocycles. The van der Waals surface area contributed by atoms with Gasteiger partial charge in [0.25, 0.3) is 0 Å². The van der Waals surface area contributed by atoms with E-state index < -0.39 is 6.10 Å². The summed E-state index contributed by atoms with van der Waals surface area (Å²) in [5.41, 5.74) is 4.84. The first kappa shape index (κ1) is 20.3. The Balaban J connectivity index is 1.38. The van der Waals surface area contributed by atoms with Gasteiger partial charge in [0.05, 0.1) is 23.7 Å². The fourth-order valence-corrected chi connectivity index (χ4v) is 5.93. The molecule has 1 heterocycles. The second-order valence-electron chi connectivity index (χ2n) is 9.48. The van der Waals surface area contributed by atoms with Crippen LogP contribution in [-0.2, 0) is 6.42 Å². The average Bonchev–Trinajstić information content (AvgIpc) is 3.37. The predicted molar refractivity (Wildman–Crippen MR) is 125 cm³/mol. The molecule has 0 amide bonds. The maximum atomic E-state index is 14.4. The van der Waals surface area contributed by atoms with Crippen LogP contribution in [0.2, 0.25) is 0 Å². The lowest BCUT2D eigenvalue weighted by Crippen LogP contribution is -2.32. The molecule has 0 aliphatic heterocycles. The topological polar surface area (TPSA) is 38.0 Å². The Morgan fingerprint density at radius 1 is 1.03 bits per heavy atom. The van der Waals surface area contributed by atoms with Crippen LogP contribution in [0.4, 0.5) is 8.78 Å². The summed E-state index contributed by atoms with van der Waals surface area (Å²) in [7, 11) is 0. The van der Waals surface area contributed by atoms with Crippen molar-refractivity contribution in [3.63, 3.8) is 0 Å². The summed E-state index contributed by atoms with van der Waals surface area (Å²) in [6.07, 6.45) is 5.92. The van der Waals surface area contributed by atoms with Gasteiger partial charge < -0.3 is 5.11 Å². The van der Waals surface area contributed by atoms with Crippen LogP contribution < -0.4 is 0 Å². The van der Waals surface area contributed by atoms with Crippen LogP contribution in [0.1, 0.15) is 42.7 Å². The molecule has 0 radical (unpaired) electrons. The fraction of sp³-hybridized carbons (Fsp3) is 0.250. The van der Waals surface area contributed by atoms with E-state index in [1.165, 1.54) is 23.8 Å². The van der Waals surface area contributed by atoms with Crippen LogP contribution in [-0.4, -0.2) is 14.9 Å². The minimum Gasteiger partial charge on any atom is -0.388 e. The Morgan fingerprint density at radius 3 is 2.58 bits per heavy atom. The van der Waals surface area contributed by atoms with Crippen molar-refractivity contribution in [2.24, 2.45) is 11.3 Å². The van der Waals surface area contributed by atoms with Gasteiger partial charge in [-0.2, -0.15) is 5.10 Å². The van der Waals surface area contributed by atoms with E-state index in [0.29, 0.717) is 5.39 Å². The van der Waals surface area contributed by atoms with Gasteiger partial charge in [0, 0.05) is 5.39 Å². The SMILES string of the molecule is C[C@]12Cc3cnn(-c4ccc(F)cc4)c3C=C1CC[C@@H]2[C@H](O)c1ccc(F)c2ccccc12. The Hall–Kier alpha value is -3.31. The number of aliphatic hydroxyl groups excluding tert-OH is 1. The Kier molecular flexibility index (Phi) is 4.53. The number of fused-ring (bicyclic) bond motifs is 3. The predicted octanol–water partition coefficient (Wildman–Crippen LogP) is 6.39. The highest BCUT2D eigenvalue weighted by atomic mass is 19.1. The highest BCUT2D eigenvalue weighted by Crippen LogP contribution is 2.57. The van der Waals surface area contributed by atoms with Gasteiger partial charge in [-0.05, 0) is 83.5 Å². The molecule has 3 atom stereocenters. The maximum absolute atomic E-state index is 14.4. The van der Waals surface area contributed by atoms with Crippen molar-refractivity contribution in [3.05, 3.63) is 101 Å². The van der Waals surface area contributed by atoms with Crippen molar-refractivity contribution >= 4 is 16.8 Å². The molecule has 1 fully saturated rings. The normalized spacial score (nSPS) is 22.7. The highest BCUT2D eigenvalue weighted by Gasteiger charge is 2.48. The molecule has 1 aromatic heterocycles. The average molecular weight is 443 g/mol. The van der Waals surface area contributed by atoms with E-state index in [4.69, 9.17) is 0 Å². The number of allylic oxidation sites excluding steroid dienone is 1. The van der Waals surface area contributed by atoms with Crippen LogP contribution in [0.25, 0.3) is 22.5 Å². The van der Waals surface area contributed by atoms with Crippen LogP contribution in [0.15, 0.2) is 72.4 Å². The van der Waals surface area contributed by atoms with Gasteiger partial charge in [-0.3, -0.25) is 0 Å². The molecule has 5 heteroatoms. The van der Waals surface area contributed by atoms with E-state index in [0.717, 1.165) is 47.2 Å². The molecule has 1 N–H and O–H groups in total. The van der Waals surface area contributed by atoms with Crippen LogP contribution in [0.5, 0.6) is 0 Å². The molecule has 4 aromatic rings. The lowest BCUT2D eigenvalue weighted by atomic mass is 9.67. The standard InChI is InChI=1S/C28H24F2N2O/c1-28-15-17-16-31-32(20-9-7-19(29)8-10-20)26(17)14-18(28)6-12-24(28)27(33)23-11-13-25(30)22-5-3-2-4-21(22)23/h2-5,7-11,13-14,16,24,27,33H,6,12,15H2,1H3/t24-,27-,28+/m1/s1. The summed E-state index contributed by atoms with van der Waals surface area (Å²) in [5.74, 6) is -0.526. The number of halogens is 2. The maximum Gasteiger partial charge on any atom is 0.131 e. The minimum atomic E-state index is -0.694. The number of benzene rings is 3. The van der Waals surface area contributed by atoms with E-state index in [-0.39, 0.29) is 23.0 Å². The lowest BCUT2D eigenvalue weighted by molar-refractivity contribution is 0.0566. The van der Waals surface area contributed by atoms with Crippen LogP contribution in [0, 0.1) is 23.0 Å². The van der Waals surface area contributed by atoms with Crippen molar-refractivity contribution in [1.82, 2.24) is 9.78 Å². The Morgan fingerprint density at radius 2 is 1.79 bits per heavy atom. The van der Waals surface area contributed by atoms with Gasteiger partial charge in [-0.1, -0.05) is 42.8 Å². The molecule has 0 unspecified atom stereocenters. The monoisotopic (exact) mass is 442 g/mol. The molecule has 0 saturated heterocycles. The van der Waals surface area contributed by atoms with Gasteiger partial charge in [0.1, 0.15) is 11.6 Å². The van der Waals surface area contributed by atoms with Gasteiger partial charge in [-0.25, -0.2) is 13.5 Å². The summed E-state index contributed by atoms with van der Waals surface area (Å²) in [6, 6.07) is 16.9. The van der Waals surface area contributed by atoms with E-state index in [1.807, 2.05) is 29.1 Å². The minimum absolute atomic E-state index is 0.0138. The van der Waals surface area contributed by atoms with Crippen molar-refractivity contribution in [3.8, 4) is 5.69 Å². The van der Waals surface area contributed by atoms with E-state index in [2.05, 4.69) is 18.1 Å². The molecule has 6 rings (SSSR count). The molecule has 2 aliphatic carbocycles. The molecular formula is C28H24F2N2O. The zero-order valence-corrected chi connectivity index (χ0v) is 18.3. The first-order chi connectivity index (χ1) is 16.0. The highest BCUT2D eigenvalue weighted by molar-refractivity contribution is 5.86. The van der Waals surface area contributed by atoms with Crippen molar-refractivity contribution < 1.29 is 13.9 Å². The Bertz CT molecular complexity index is 1410. The number of aliphatic hydroxyl groups is 1. The second-order valence-corrected chi connectivity index (χ2v) is 9.48. The van der Waals surface area contributed by atoms with Crippen LogP contribution in [0.3, 0.4) is 0 Å². The smallest absolute Gasteiger partial charge is 0.131 e. The Labute approximate surface area is 191 Å². The quantitative estimate of drug-likeness (QED) is 0.399. The molecule has 2 aliphatic rings. The molecule has 3 nitrogen and oxygen atoms in total. The lowest BCUT2D eigenvalue weighted by Gasteiger charge is -2.38. The van der Waals surface area contributed by atoms with Gasteiger partial charge in [0.15, 0.2) is 0 Å². The van der Waals surface area contributed by atoms with E-state index in [9.17, 15) is 13.9 Å². The zero-order chi connectivity index (χ0) is 22.7. The molecule has 33 heavy (non-hydrogen) atoms. The largest absolute Gasteiger partial charge is 0.388 e. The van der Waals surface area contributed by atoms with Crippen molar-refractivity contribution in [2.75, 3.05) is 0 Å². The third-order valence-electron chi connectivity index (χ3n) is 7.71. The number of hydrogen-bond acceptors (Lipinski definition) is 2. The number of rotatable bonds is 3. The van der Waals surface area contributed by atoms with Crippen molar-refractivity contribution in [1.29, 1.82) is 0 Å². The summed E-state index contributed by atoms with van der Waals surface area (Å²) in [6.45, 7) is 2.23. The van der Waals surface area contributed by atoms with E-state index in [1.54, 1.807) is 24.3 Å². The molecular weight excluding hydrogens is 418 g/mol. The summed E-state index contributed by atoms with van der Waals surface area (Å²) in [5, 5.41) is 17.5. The first-order valence-corrected chi connectivity index (χ1v) is 11.3. The van der Waals surface area contributed by atoms with Gasteiger partial charge in [-0.15, -0.1) is 0 Å². The molecule has 0 bridgehead atoms. The zero-order valence-electron chi connectivity index (χ0n) is 18.3. The third kappa shape index (κ3) is 3.06. The first-order valence-electron chi connectivity index (χ1n) is 11.3. The molecule has 0 spiro atoms. The molecule has 166 valence electrons. The second kappa shape index (κ2) is 7.35. The summed E-state index contributed by atoms with van der Waals surface area (Å²) < 4.78 is 29.6. The summed E-state index contributed by atoms with van der Waals surface area (Å²) >= 11 is 0. The number of nitrogens with zero attached hydrogens (tertiary/aromatic N) is 2. The van der Waals surface area contributed by atoms with E-state index >= 15 is 0 Å². The third-order valence-corrected chi connectivity index (χ3v) is 7.71.